The minimum Gasteiger partial charge on any atom is -0.496 e. The molecular weight excluding hydrogens is 322 g/mol. The summed E-state index contributed by atoms with van der Waals surface area (Å²) in [7, 11) is 3.33. The molecule has 3 rings (SSSR count). The van der Waals surface area contributed by atoms with Crippen LogP contribution in [0.3, 0.4) is 0 Å². The van der Waals surface area contributed by atoms with Crippen LogP contribution >= 0.6 is 23.4 Å². The third kappa shape index (κ3) is 2.32. The highest BCUT2D eigenvalue weighted by Gasteiger charge is 2.32. The van der Waals surface area contributed by atoms with Gasteiger partial charge in [-0.3, -0.25) is 4.79 Å². The zero-order valence-electron chi connectivity index (χ0n) is 12.4. The minimum absolute atomic E-state index is 0.0972. The van der Waals surface area contributed by atoms with E-state index in [1.165, 1.54) is 11.8 Å². The maximum absolute atomic E-state index is 12.2. The average Bonchev–Trinajstić information content (AvgIpc) is 2.81. The smallest absolute Gasteiger partial charge is 0.273 e. The van der Waals surface area contributed by atoms with E-state index in [4.69, 9.17) is 16.3 Å². The van der Waals surface area contributed by atoms with E-state index in [9.17, 15) is 4.79 Å². The van der Waals surface area contributed by atoms with Gasteiger partial charge >= 0.3 is 0 Å². The Balaban J connectivity index is 2.31. The number of halogens is 1. The Kier molecular flexibility index (Phi) is 3.97. The van der Waals surface area contributed by atoms with Crippen molar-refractivity contribution in [2.24, 2.45) is 0 Å². The van der Waals surface area contributed by atoms with Gasteiger partial charge in [-0.15, -0.1) is 0 Å². The standard InChI is InChI=1S/C15H14ClN3O2S/c1-19-7-8-12(11-9(16)5-4-6-10(11)21-2)17-15(22-3)18-13(8)14(19)20/h4-6H,7H2,1-3H3. The van der Waals surface area contributed by atoms with E-state index in [2.05, 4.69) is 9.97 Å². The van der Waals surface area contributed by atoms with Crippen LogP contribution in [-0.2, 0) is 6.54 Å². The maximum atomic E-state index is 12.2. The number of methoxy groups -OCH3 is 1. The van der Waals surface area contributed by atoms with E-state index in [0.717, 1.165) is 5.56 Å². The number of ether oxygens (including phenoxy) is 1. The van der Waals surface area contributed by atoms with Crippen molar-refractivity contribution in [2.45, 2.75) is 11.7 Å². The summed E-state index contributed by atoms with van der Waals surface area (Å²) >= 11 is 7.76. The van der Waals surface area contributed by atoms with E-state index in [1.807, 2.05) is 18.4 Å². The Hall–Kier alpha value is -1.79. The van der Waals surface area contributed by atoms with Crippen LogP contribution in [-0.4, -0.2) is 41.2 Å². The lowest BCUT2D eigenvalue weighted by Gasteiger charge is -2.13. The molecule has 0 unspecified atom stereocenters. The van der Waals surface area contributed by atoms with Gasteiger partial charge < -0.3 is 9.64 Å². The SMILES string of the molecule is COc1cccc(Cl)c1-c1nc(SC)nc2c1CN(C)C2=O. The minimum atomic E-state index is -0.0972. The fraction of sp³-hybridized carbons (Fsp3) is 0.267. The van der Waals surface area contributed by atoms with Crippen LogP contribution in [0, 0.1) is 0 Å². The molecule has 0 saturated heterocycles. The number of nitrogens with zero attached hydrogens (tertiary/aromatic N) is 3. The van der Waals surface area contributed by atoms with Gasteiger partial charge in [-0.2, -0.15) is 0 Å². The van der Waals surface area contributed by atoms with E-state index in [0.29, 0.717) is 39.4 Å². The monoisotopic (exact) mass is 335 g/mol. The molecule has 0 spiro atoms. The van der Waals surface area contributed by atoms with Gasteiger partial charge in [0.1, 0.15) is 11.4 Å². The van der Waals surface area contributed by atoms with Gasteiger partial charge in [0.15, 0.2) is 5.16 Å². The molecule has 0 radical (unpaired) electrons. The Morgan fingerprint density at radius 2 is 2.05 bits per heavy atom. The molecule has 2 aromatic rings. The first kappa shape index (κ1) is 15.1. The molecule has 1 aromatic heterocycles. The number of rotatable bonds is 3. The summed E-state index contributed by atoms with van der Waals surface area (Å²) < 4.78 is 5.42. The third-order valence-corrected chi connectivity index (χ3v) is 4.41. The van der Waals surface area contributed by atoms with Gasteiger partial charge in [-0.1, -0.05) is 29.4 Å². The van der Waals surface area contributed by atoms with Crippen molar-refractivity contribution in [3.63, 3.8) is 0 Å². The van der Waals surface area contributed by atoms with Crippen molar-refractivity contribution in [1.29, 1.82) is 0 Å². The molecule has 5 nitrogen and oxygen atoms in total. The number of benzene rings is 1. The summed E-state index contributed by atoms with van der Waals surface area (Å²) in [5, 5.41) is 1.08. The zero-order chi connectivity index (χ0) is 15.9. The highest BCUT2D eigenvalue weighted by atomic mass is 35.5. The van der Waals surface area contributed by atoms with Crippen LogP contribution < -0.4 is 4.74 Å². The molecule has 1 aliphatic heterocycles. The molecule has 0 aliphatic carbocycles. The molecule has 0 N–H and O–H groups in total. The molecule has 0 saturated carbocycles. The zero-order valence-corrected chi connectivity index (χ0v) is 14.0. The molecule has 0 atom stereocenters. The number of carbonyl (C=O) groups is 1. The number of carbonyl (C=O) groups excluding carboxylic acids is 1. The molecule has 1 aliphatic rings. The van der Waals surface area contributed by atoms with Gasteiger partial charge in [0.2, 0.25) is 0 Å². The number of hydrogen-bond acceptors (Lipinski definition) is 5. The largest absolute Gasteiger partial charge is 0.496 e. The fourth-order valence-electron chi connectivity index (χ4n) is 2.48. The lowest BCUT2D eigenvalue weighted by molar-refractivity contribution is 0.0811. The summed E-state index contributed by atoms with van der Waals surface area (Å²) in [6.45, 7) is 0.465. The Morgan fingerprint density at radius 1 is 1.32 bits per heavy atom. The number of thioether (sulfide) groups is 1. The van der Waals surface area contributed by atoms with Gasteiger partial charge in [0, 0.05) is 12.6 Å². The van der Waals surface area contributed by atoms with Gasteiger partial charge in [0.05, 0.1) is 29.9 Å². The first-order chi connectivity index (χ1) is 10.6. The predicted octanol–water partition coefficient (Wildman–Crippen LogP) is 3.11. The Labute approximate surface area is 137 Å². The van der Waals surface area contributed by atoms with Crippen LogP contribution in [0.25, 0.3) is 11.3 Å². The van der Waals surface area contributed by atoms with E-state index in [1.54, 1.807) is 25.1 Å². The van der Waals surface area contributed by atoms with Crippen molar-refractivity contribution < 1.29 is 9.53 Å². The number of hydrogen-bond donors (Lipinski definition) is 0. The molecule has 2 heterocycles. The van der Waals surface area contributed by atoms with Crippen molar-refractivity contribution in [3.05, 3.63) is 34.5 Å². The van der Waals surface area contributed by atoms with E-state index in [-0.39, 0.29) is 5.91 Å². The quantitative estimate of drug-likeness (QED) is 0.637. The highest BCUT2D eigenvalue weighted by Crippen LogP contribution is 2.40. The van der Waals surface area contributed by atoms with Gasteiger partial charge in [-0.25, -0.2) is 9.97 Å². The lowest BCUT2D eigenvalue weighted by atomic mass is 10.0. The number of aromatic nitrogens is 2. The lowest BCUT2D eigenvalue weighted by Crippen LogP contribution is -2.18. The van der Waals surface area contributed by atoms with Crippen molar-refractivity contribution in [3.8, 4) is 17.0 Å². The first-order valence-corrected chi connectivity index (χ1v) is 8.20. The second kappa shape index (κ2) is 5.78. The van der Waals surface area contributed by atoms with E-state index < -0.39 is 0 Å². The predicted molar refractivity (Wildman–Crippen MR) is 86.6 cm³/mol. The molecule has 7 heteroatoms. The van der Waals surface area contributed by atoms with Crippen molar-refractivity contribution >= 4 is 29.3 Å². The van der Waals surface area contributed by atoms with Crippen molar-refractivity contribution in [2.75, 3.05) is 20.4 Å². The summed E-state index contributed by atoms with van der Waals surface area (Å²) in [5.74, 6) is 0.530. The molecule has 1 aromatic carbocycles. The van der Waals surface area contributed by atoms with E-state index >= 15 is 0 Å². The van der Waals surface area contributed by atoms with Gasteiger partial charge in [-0.05, 0) is 18.4 Å². The second-order valence-electron chi connectivity index (χ2n) is 4.86. The molecule has 1 amide bonds. The van der Waals surface area contributed by atoms with Crippen LogP contribution in [0.2, 0.25) is 5.02 Å². The van der Waals surface area contributed by atoms with Crippen LogP contribution in [0.5, 0.6) is 5.75 Å². The molecule has 0 bridgehead atoms. The number of amides is 1. The maximum Gasteiger partial charge on any atom is 0.273 e. The summed E-state index contributed by atoms with van der Waals surface area (Å²) in [6, 6.07) is 5.43. The Bertz CT molecular complexity index is 767. The molecule has 114 valence electrons. The van der Waals surface area contributed by atoms with Crippen LogP contribution in [0.15, 0.2) is 23.4 Å². The third-order valence-electron chi connectivity index (χ3n) is 3.55. The fourth-order valence-corrected chi connectivity index (χ4v) is 3.10. The average molecular weight is 336 g/mol. The summed E-state index contributed by atoms with van der Waals surface area (Å²) in [6.07, 6.45) is 1.87. The molecular formula is C15H14ClN3O2S. The van der Waals surface area contributed by atoms with Gasteiger partial charge in [0.25, 0.3) is 5.91 Å². The number of fused-ring (bicyclic) bond motifs is 1. The van der Waals surface area contributed by atoms with Crippen LogP contribution in [0.4, 0.5) is 0 Å². The van der Waals surface area contributed by atoms with Crippen molar-refractivity contribution in [1.82, 2.24) is 14.9 Å². The highest BCUT2D eigenvalue weighted by molar-refractivity contribution is 7.98. The summed E-state index contributed by atoms with van der Waals surface area (Å²) in [5.41, 5.74) is 2.59. The molecule has 0 fully saturated rings. The second-order valence-corrected chi connectivity index (χ2v) is 6.04. The first-order valence-electron chi connectivity index (χ1n) is 6.60. The topological polar surface area (TPSA) is 55.3 Å². The molecule has 22 heavy (non-hydrogen) atoms. The summed E-state index contributed by atoms with van der Waals surface area (Å²) in [4.78, 5) is 22.8. The van der Waals surface area contributed by atoms with Crippen LogP contribution in [0.1, 0.15) is 16.1 Å². The normalized spacial score (nSPS) is 13.5. The Morgan fingerprint density at radius 3 is 2.73 bits per heavy atom.